The van der Waals surface area contributed by atoms with Gasteiger partial charge in [0.25, 0.3) is 5.69 Å². The van der Waals surface area contributed by atoms with Crippen LogP contribution in [-0.2, 0) is 14.3 Å². The number of anilines is 1. The van der Waals surface area contributed by atoms with Crippen LogP contribution in [0.15, 0.2) is 72.8 Å². The summed E-state index contributed by atoms with van der Waals surface area (Å²) in [7, 11) is 0. The van der Waals surface area contributed by atoms with E-state index in [0.717, 1.165) is 24.8 Å². The van der Waals surface area contributed by atoms with E-state index in [0.29, 0.717) is 39.7 Å². The second-order valence-electron chi connectivity index (χ2n) is 11.8. The van der Waals surface area contributed by atoms with Crippen molar-refractivity contribution in [3.05, 3.63) is 99.6 Å². The highest BCUT2D eigenvalue weighted by Gasteiger charge is 2.61. The number of imide groups is 1. The lowest BCUT2D eigenvalue weighted by Crippen LogP contribution is -2.32. The maximum Gasteiger partial charge on any atom is 0.339 e. The fraction of sp³-hybridized carbons (Fsp3) is 0.265. The predicted octanol–water partition coefficient (Wildman–Crippen LogP) is 5.69. The van der Waals surface area contributed by atoms with E-state index >= 15 is 0 Å². The van der Waals surface area contributed by atoms with Gasteiger partial charge in [-0.1, -0.05) is 23.8 Å². The van der Waals surface area contributed by atoms with Gasteiger partial charge in [-0.3, -0.25) is 29.4 Å². The molecule has 7 rings (SSSR count). The zero-order chi connectivity index (χ0) is 30.7. The summed E-state index contributed by atoms with van der Waals surface area (Å²) in [6.07, 6.45) is 3.00. The molecule has 1 aliphatic heterocycles. The first-order chi connectivity index (χ1) is 21.2. The fourth-order valence-corrected chi connectivity index (χ4v) is 7.16. The van der Waals surface area contributed by atoms with Gasteiger partial charge < -0.3 is 4.74 Å². The van der Waals surface area contributed by atoms with Crippen LogP contribution in [-0.4, -0.2) is 40.1 Å². The molecule has 2 bridgehead atoms. The molecule has 3 aromatic carbocycles. The first kappa shape index (κ1) is 27.6. The molecule has 1 aromatic heterocycles. The Morgan fingerprint density at radius 3 is 2.23 bits per heavy atom. The number of aromatic nitrogens is 1. The molecule has 44 heavy (non-hydrogen) atoms. The van der Waals surface area contributed by atoms with Gasteiger partial charge in [0.1, 0.15) is 0 Å². The molecule has 3 aliphatic rings. The van der Waals surface area contributed by atoms with Gasteiger partial charge in [0.05, 0.1) is 39.2 Å². The topological polar surface area (TPSA) is 137 Å². The van der Waals surface area contributed by atoms with E-state index in [1.54, 1.807) is 36.4 Å². The number of pyridine rings is 1. The number of nitro benzene ring substituents is 1. The molecule has 1 saturated heterocycles. The first-order valence-corrected chi connectivity index (χ1v) is 14.5. The number of ketones is 1. The van der Waals surface area contributed by atoms with Crippen LogP contribution in [0, 0.1) is 40.7 Å². The molecular weight excluding hydrogens is 562 g/mol. The fourth-order valence-electron chi connectivity index (χ4n) is 7.16. The van der Waals surface area contributed by atoms with Crippen molar-refractivity contribution < 1.29 is 28.8 Å². The number of carbonyl (C=O) groups is 4. The summed E-state index contributed by atoms with van der Waals surface area (Å²) in [4.78, 5) is 68.9. The highest BCUT2D eigenvalue weighted by Crippen LogP contribution is 2.56. The summed E-state index contributed by atoms with van der Waals surface area (Å²) in [5.74, 6) is -1.22. The lowest BCUT2D eigenvalue weighted by Gasteiger charge is -2.19. The van der Waals surface area contributed by atoms with Crippen molar-refractivity contribution in [2.24, 2.45) is 23.7 Å². The number of amides is 2. The molecule has 2 amide bonds. The second kappa shape index (κ2) is 10.5. The minimum absolute atomic E-state index is 0.104. The zero-order valence-corrected chi connectivity index (χ0v) is 23.8. The van der Waals surface area contributed by atoms with Crippen LogP contribution in [0.1, 0.15) is 45.5 Å². The largest absolute Gasteiger partial charge is 0.454 e. The average Bonchev–Trinajstić information content (AvgIpc) is 3.72. The van der Waals surface area contributed by atoms with E-state index in [1.807, 2.05) is 19.1 Å². The van der Waals surface area contributed by atoms with Gasteiger partial charge in [-0.2, -0.15) is 0 Å². The number of ether oxygens (including phenoxy) is 1. The number of nitrogens with zero attached hydrogens (tertiary/aromatic N) is 3. The summed E-state index contributed by atoms with van der Waals surface area (Å²) >= 11 is 0. The van der Waals surface area contributed by atoms with Gasteiger partial charge in [0, 0.05) is 28.6 Å². The monoisotopic (exact) mass is 589 g/mol. The quantitative estimate of drug-likeness (QED) is 0.0881. The highest BCUT2D eigenvalue weighted by atomic mass is 16.6. The van der Waals surface area contributed by atoms with Crippen molar-refractivity contribution in [1.29, 1.82) is 0 Å². The normalized spacial score (nSPS) is 22.0. The van der Waals surface area contributed by atoms with Gasteiger partial charge in [-0.25, -0.2) is 9.78 Å². The molecule has 4 atom stereocenters. The van der Waals surface area contributed by atoms with Crippen LogP contribution in [0.4, 0.5) is 11.4 Å². The SMILES string of the molecule is Cc1ccc2nc(-c3ccc(N4C(=O)[C@@H]5[C@H]6CC[C@@H](C6)[C@H]5C4=O)cc3)cc(C(=O)OCC(=O)c3ccc([N+](=O)[O-])cc3)c2c1. The maximum absolute atomic E-state index is 13.3. The van der Waals surface area contributed by atoms with Crippen LogP contribution in [0.25, 0.3) is 22.2 Å². The average molecular weight is 590 g/mol. The standard InChI is InChI=1S/C34H27N3O7/c1-18-2-13-27-25(14-18)26(34(41)44-17-29(38)20-7-11-24(12-8-20)37(42)43)16-28(35-27)19-5-9-23(10-6-19)36-32(39)30-21-3-4-22(15-21)31(30)33(36)40/h2,5-14,16,21-22,30-31H,3-4,15,17H2,1H3/t21-,22-,30+,31+/m0/s1. The molecule has 2 saturated carbocycles. The Bertz CT molecular complexity index is 1860. The van der Waals surface area contributed by atoms with E-state index in [4.69, 9.17) is 9.72 Å². The summed E-state index contributed by atoms with van der Waals surface area (Å²) in [6.45, 7) is 1.34. The molecule has 0 radical (unpaired) electrons. The van der Waals surface area contributed by atoms with Crippen molar-refractivity contribution in [2.75, 3.05) is 11.5 Å². The van der Waals surface area contributed by atoms with Crippen LogP contribution in [0.2, 0.25) is 0 Å². The van der Waals surface area contributed by atoms with Crippen molar-refractivity contribution >= 4 is 45.8 Å². The molecule has 10 heteroatoms. The highest BCUT2D eigenvalue weighted by molar-refractivity contribution is 6.22. The number of aryl methyl sites for hydroxylation is 1. The van der Waals surface area contributed by atoms with E-state index in [-0.39, 0.29) is 40.5 Å². The number of nitro groups is 1. The summed E-state index contributed by atoms with van der Waals surface area (Å²) in [5.41, 5.74) is 3.41. The van der Waals surface area contributed by atoms with E-state index in [9.17, 15) is 29.3 Å². The van der Waals surface area contributed by atoms with Crippen molar-refractivity contribution in [2.45, 2.75) is 26.2 Å². The van der Waals surface area contributed by atoms with E-state index < -0.39 is 23.3 Å². The Kier molecular flexibility index (Phi) is 6.57. The minimum atomic E-state index is -0.717. The Labute approximate surface area is 251 Å². The number of benzene rings is 3. The lowest BCUT2D eigenvalue weighted by atomic mass is 9.81. The van der Waals surface area contributed by atoms with Gasteiger partial charge >= 0.3 is 5.97 Å². The summed E-state index contributed by atoms with van der Waals surface area (Å²) < 4.78 is 5.40. The second-order valence-corrected chi connectivity index (χ2v) is 11.8. The molecule has 2 aliphatic carbocycles. The summed E-state index contributed by atoms with van der Waals surface area (Å²) in [5, 5.41) is 11.5. The Morgan fingerprint density at radius 2 is 1.59 bits per heavy atom. The zero-order valence-electron chi connectivity index (χ0n) is 23.8. The van der Waals surface area contributed by atoms with Gasteiger partial charge in [-0.05, 0) is 80.5 Å². The molecule has 0 spiro atoms. The number of non-ortho nitro benzene ring substituents is 1. The van der Waals surface area contributed by atoms with Crippen molar-refractivity contribution in [1.82, 2.24) is 4.98 Å². The molecule has 0 N–H and O–H groups in total. The number of esters is 1. The van der Waals surface area contributed by atoms with Crippen LogP contribution >= 0.6 is 0 Å². The smallest absolute Gasteiger partial charge is 0.339 e. The molecule has 220 valence electrons. The molecule has 3 fully saturated rings. The predicted molar refractivity (Wildman–Crippen MR) is 160 cm³/mol. The number of hydrogen-bond acceptors (Lipinski definition) is 8. The number of carbonyl (C=O) groups excluding carboxylic acids is 4. The van der Waals surface area contributed by atoms with E-state index in [2.05, 4.69) is 0 Å². The van der Waals surface area contributed by atoms with E-state index in [1.165, 1.54) is 29.2 Å². The number of rotatable bonds is 7. The third kappa shape index (κ3) is 4.54. The number of Topliss-reactive ketones (excluding diaryl/α,β-unsaturated/α-hetero) is 1. The minimum Gasteiger partial charge on any atom is -0.454 e. The third-order valence-electron chi connectivity index (χ3n) is 9.27. The third-order valence-corrected chi connectivity index (χ3v) is 9.27. The van der Waals surface area contributed by atoms with Crippen LogP contribution < -0.4 is 4.90 Å². The van der Waals surface area contributed by atoms with Gasteiger partial charge in [-0.15, -0.1) is 0 Å². The summed E-state index contributed by atoms with van der Waals surface area (Å²) in [6, 6.07) is 19.2. The molecule has 2 heterocycles. The Balaban J connectivity index is 1.14. The first-order valence-electron chi connectivity index (χ1n) is 14.5. The lowest BCUT2D eigenvalue weighted by molar-refractivity contribution is -0.384. The Hall–Kier alpha value is -5.25. The molecule has 0 unspecified atom stereocenters. The van der Waals surface area contributed by atoms with Gasteiger partial charge in [0.15, 0.2) is 12.4 Å². The Morgan fingerprint density at radius 1 is 0.932 bits per heavy atom. The number of hydrogen-bond donors (Lipinski definition) is 0. The maximum atomic E-state index is 13.3. The van der Waals surface area contributed by atoms with Crippen molar-refractivity contribution in [3.8, 4) is 11.3 Å². The molecular formula is C34H27N3O7. The van der Waals surface area contributed by atoms with Crippen LogP contribution in [0.5, 0.6) is 0 Å². The van der Waals surface area contributed by atoms with Crippen molar-refractivity contribution in [3.63, 3.8) is 0 Å². The van der Waals surface area contributed by atoms with Crippen LogP contribution in [0.3, 0.4) is 0 Å². The van der Waals surface area contributed by atoms with Gasteiger partial charge in [0.2, 0.25) is 11.8 Å². The molecule has 4 aromatic rings. The molecule has 10 nitrogen and oxygen atoms in total. The number of fused-ring (bicyclic) bond motifs is 6.